The first-order valence-corrected chi connectivity index (χ1v) is 6.66. The Morgan fingerprint density at radius 3 is 2.79 bits per heavy atom. The highest BCUT2D eigenvalue weighted by atomic mass is 16.3. The van der Waals surface area contributed by atoms with E-state index in [0.717, 1.165) is 22.2 Å². The maximum Gasteiger partial charge on any atom is 0.256 e. The van der Waals surface area contributed by atoms with Crippen molar-refractivity contribution in [2.24, 2.45) is 0 Å². The van der Waals surface area contributed by atoms with Crippen LogP contribution in [0.15, 0.2) is 24.3 Å². The van der Waals surface area contributed by atoms with E-state index in [9.17, 15) is 4.79 Å². The molecule has 4 nitrogen and oxygen atoms in total. The van der Waals surface area contributed by atoms with E-state index < -0.39 is 0 Å². The predicted octanol–water partition coefficient (Wildman–Crippen LogP) is 2.32. The Bertz CT molecular complexity index is 575. The molecule has 0 atom stereocenters. The zero-order valence-corrected chi connectivity index (χ0v) is 11.4. The predicted molar refractivity (Wildman–Crippen MR) is 76.3 cm³/mol. The number of nitrogens with zero attached hydrogens (tertiary/aromatic N) is 1. The van der Waals surface area contributed by atoms with E-state index in [2.05, 4.69) is 4.98 Å². The molecule has 0 bridgehead atoms. The van der Waals surface area contributed by atoms with Crippen LogP contribution in [0.2, 0.25) is 0 Å². The summed E-state index contributed by atoms with van der Waals surface area (Å²) in [4.78, 5) is 17.6. The van der Waals surface area contributed by atoms with Crippen molar-refractivity contribution in [3.8, 4) is 0 Å². The van der Waals surface area contributed by atoms with Crippen molar-refractivity contribution in [2.75, 3.05) is 19.7 Å². The molecule has 1 amide bonds. The standard InChI is InChI=1S/C15H20N2O2/c1-3-17(9-6-10-18)15(19)14-11(2)16-13-8-5-4-7-12(13)14/h4-5,7-8,16,18H,3,6,9-10H2,1-2H3. The number of nitrogens with one attached hydrogen (secondary N) is 1. The minimum Gasteiger partial charge on any atom is -0.396 e. The van der Waals surface area contributed by atoms with Crippen LogP contribution in [-0.2, 0) is 0 Å². The van der Waals surface area contributed by atoms with Gasteiger partial charge in [0.25, 0.3) is 5.91 Å². The van der Waals surface area contributed by atoms with E-state index in [1.165, 1.54) is 0 Å². The Balaban J connectivity index is 2.37. The van der Waals surface area contributed by atoms with E-state index in [1.807, 2.05) is 38.1 Å². The molecular formula is C15H20N2O2. The van der Waals surface area contributed by atoms with Gasteiger partial charge in [-0.15, -0.1) is 0 Å². The number of hydrogen-bond donors (Lipinski definition) is 2. The molecule has 0 saturated carbocycles. The third-order valence-electron chi connectivity index (χ3n) is 3.36. The molecule has 0 unspecified atom stereocenters. The number of aryl methyl sites for hydroxylation is 1. The molecule has 0 aliphatic carbocycles. The lowest BCUT2D eigenvalue weighted by Gasteiger charge is -2.20. The second-order valence-corrected chi connectivity index (χ2v) is 4.63. The van der Waals surface area contributed by atoms with Crippen LogP contribution in [-0.4, -0.2) is 40.6 Å². The summed E-state index contributed by atoms with van der Waals surface area (Å²) in [7, 11) is 0. The number of hydrogen-bond acceptors (Lipinski definition) is 2. The molecule has 2 N–H and O–H groups in total. The molecule has 4 heteroatoms. The maximum atomic E-state index is 12.6. The van der Waals surface area contributed by atoms with E-state index in [-0.39, 0.29) is 12.5 Å². The molecule has 1 heterocycles. The molecule has 1 aromatic carbocycles. The highest BCUT2D eigenvalue weighted by molar-refractivity contribution is 6.08. The summed E-state index contributed by atoms with van der Waals surface area (Å²) in [6.07, 6.45) is 0.612. The summed E-state index contributed by atoms with van der Waals surface area (Å²) >= 11 is 0. The fourth-order valence-electron chi connectivity index (χ4n) is 2.38. The van der Waals surface area contributed by atoms with Crippen LogP contribution in [0.25, 0.3) is 10.9 Å². The Labute approximate surface area is 113 Å². The topological polar surface area (TPSA) is 56.3 Å². The van der Waals surface area contributed by atoms with Gasteiger partial charge in [0.2, 0.25) is 0 Å². The van der Waals surface area contributed by atoms with Crippen molar-refractivity contribution in [1.29, 1.82) is 0 Å². The highest BCUT2D eigenvalue weighted by Crippen LogP contribution is 2.23. The van der Waals surface area contributed by atoms with Gasteiger partial charge in [0, 0.05) is 36.3 Å². The lowest BCUT2D eigenvalue weighted by atomic mass is 10.1. The molecule has 0 spiro atoms. The van der Waals surface area contributed by atoms with Crippen molar-refractivity contribution in [3.05, 3.63) is 35.5 Å². The third-order valence-corrected chi connectivity index (χ3v) is 3.36. The van der Waals surface area contributed by atoms with Crippen molar-refractivity contribution >= 4 is 16.8 Å². The number of fused-ring (bicyclic) bond motifs is 1. The highest BCUT2D eigenvalue weighted by Gasteiger charge is 2.20. The molecule has 19 heavy (non-hydrogen) atoms. The largest absolute Gasteiger partial charge is 0.396 e. The van der Waals surface area contributed by atoms with Crippen molar-refractivity contribution < 1.29 is 9.90 Å². The van der Waals surface area contributed by atoms with Crippen LogP contribution in [0, 0.1) is 6.92 Å². The molecule has 2 rings (SSSR count). The van der Waals surface area contributed by atoms with Gasteiger partial charge in [-0.3, -0.25) is 4.79 Å². The number of benzene rings is 1. The lowest BCUT2D eigenvalue weighted by Crippen LogP contribution is -2.32. The Kier molecular flexibility index (Phi) is 4.22. The van der Waals surface area contributed by atoms with Gasteiger partial charge in [0.1, 0.15) is 0 Å². The molecule has 0 saturated heterocycles. The Morgan fingerprint density at radius 1 is 1.37 bits per heavy atom. The van der Waals surface area contributed by atoms with Gasteiger partial charge in [0.05, 0.1) is 5.56 Å². The average Bonchev–Trinajstić information content (AvgIpc) is 2.75. The van der Waals surface area contributed by atoms with Gasteiger partial charge in [-0.25, -0.2) is 0 Å². The molecular weight excluding hydrogens is 240 g/mol. The van der Waals surface area contributed by atoms with Gasteiger partial charge in [-0.1, -0.05) is 18.2 Å². The summed E-state index contributed by atoms with van der Waals surface area (Å²) in [6.45, 7) is 5.23. The number of carbonyl (C=O) groups is 1. The van der Waals surface area contributed by atoms with Gasteiger partial charge in [0.15, 0.2) is 0 Å². The number of H-pyrrole nitrogens is 1. The van der Waals surface area contributed by atoms with Crippen LogP contribution >= 0.6 is 0 Å². The van der Waals surface area contributed by atoms with E-state index in [4.69, 9.17) is 5.11 Å². The fourth-order valence-corrected chi connectivity index (χ4v) is 2.38. The number of aliphatic hydroxyl groups excluding tert-OH is 1. The number of aliphatic hydroxyl groups is 1. The number of rotatable bonds is 5. The molecule has 102 valence electrons. The number of aromatic amines is 1. The second-order valence-electron chi connectivity index (χ2n) is 4.63. The summed E-state index contributed by atoms with van der Waals surface area (Å²) in [5.74, 6) is 0.0332. The second kappa shape index (κ2) is 5.89. The molecule has 0 aliphatic rings. The minimum absolute atomic E-state index is 0.0332. The van der Waals surface area contributed by atoms with Gasteiger partial charge >= 0.3 is 0 Å². The number of para-hydroxylation sites is 1. The molecule has 0 radical (unpaired) electrons. The Hall–Kier alpha value is -1.81. The molecule has 0 fully saturated rings. The number of carbonyl (C=O) groups excluding carboxylic acids is 1. The minimum atomic E-state index is 0.0332. The van der Waals surface area contributed by atoms with Crippen LogP contribution in [0.1, 0.15) is 29.4 Å². The first-order valence-electron chi connectivity index (χ1n) is 6.66. The summed E-state index contributed by atoms with van der Waals surface area (Å²) in [5, 5.41) is 9.87. The van der Waals surface area contributed by atoms with Crippen LogP contribution in [0.3, 0.4) is 0 Å². The summed E-state index contributed by atoms with van der Waals surface area (Å²) in [6, 6.07) is 7.83. The maximum absolute atomic E-state index is 12.6. The first-order chi connectivity index (χ1) is 9.19. The third kappa shape index (κ3) is 2.63. The van der Waals surface area contributed by atoms with Crippen molar-refractivity contribution in [2.45, 2.75) is 20.3 Å². The van der Waals surface area contributed by atoms with Crippen LogP contribution in [0.5, 0.6) is 0 Å². The van der Waals surface area contributed by atoms with Crippen molar-refractivity contribution in [1.82, 2.24) is 9.88 Å². The Morgan fingerprint density at radius 2 is 2.11 bits per heavy atom. The zero-order valence-electron chi connectivity index (χ0n) is 11.4. The summed E-state index contributed by atoms with van der Waals surface area (Å²) < 4.78 is 0. The van der Waals surface area contributed by atoms with Crippen LogP contribution in [0.4, 0.5) is 0 Å². The molecule has 1 aromatic heterocycles. The normalized spacial score (nSPS) is 10.9. The van der Waals surface area contributed by atoms with Gasteiger partial charge in [-0.05, 0) is 26.3 Å². The first kappa shape index (κ1) is 13.6. The van der Waals surface area contributed by atoms with E-state index >= 15 is 0 Å². The monoisotopic (exact) mass is 260 g/mol. The van der Waals surface area contributed by atoms with Crippen LogP contribution < -0.4 is 0 Å². The molecule has 2 aromatic rings. The van der Waals surface area contributed by atoms with Crippen molar-refractivity contribution in [3.63, 3.8) is 0 Å². The summed E-state index contributed by atoms with van der Waals surface area (Å²) in [5.41, 5.74) is 2.63. The zero-order chi connectivity index (χ0) is 13.8. The van der Waals surface area contributed by atoms with Gasteiger partial charge < -0.3 is 15.0 Å². The number of amides is 1. The smallest absolute Gasteiger partial charge is 0.256 e. The average molecular weight is 260 g/mol. The SMILES string of the molecule is CCN(CCCO)C(=O)c1c(C)[nH]c2ccccc12. The quantitative estimate of drug-likeness (QED) is 0.866. The van der Waals surface area contributed by atoms with Gasteiger partial charge in [-0.2, -0.15) is 0 Å². The number of aromatic nitrogens is 1. The van der Waals surface area contributed by atoms with E-state index in [1.54, 1.807) is 4.90 Å². The molecule has 0 aliphatic heterocycles. The van der Waals surface area contributed by atoms with E-state index in [0.29, 0.717) is 19.5 Å². The lowest BCUT2D eigenvalue weighted by molar-refractivity contribution is 0.0755. The fraction of sp³-hybridized carbons (Fsp3) is 0.400.